The van der Waals surface area contributed by atoms with Gasteiger partial charge in [0.2, 0.25) is 15.9 Å². The molecule has 1 aliphatic heterocycles. The van der Waals surface area contributed by atoms with Crippen molar-refractivity contribution in [3.05, 3.63) is 48.0 Å². The molecule has 9 nitrogen and oxygen atoms in total. The summed E-state index contributed by atoms with van der Waals surface area (Å²) in [6.07, 6.45) is 2.91. The molecule has 2 aromatic carbocycles. The molecule has 1 aliphatic rings. The van der Waals surface area contributed by atoms with E-state index >= 15 is 0 Å². The van der Waals surface area contributed by atoms with Crippen molar-refractivity contribution in [3.63, 3.8) is 0 Å². The van der Waals surface area contributed by atoms with Gasteiger partial charge in [-0.3, -0.25) is 13.9 Å². The Labute approximate surface area is 188 Å². The van der Waals surface area contributed by atoms with Crippen LogP contribution in [0.5, 0.6) is 11.5 Å². The van der Waals surface area contributed by atoms with Crippen LogP contribution in [0.25, 0.3) is 0 Å². The number of para-hydroxylation sites is 1. The first kappa shape index (κ1) is 23.4. The molecular formula is C22H27N3O6S. The second-order valence-electron chi connectivity index (χ2n) is 7.40. The monoisotopic (exact) mass is 461 g/mol. The maximum absolute atomic E-state index is 12.9. The van der Waals surface area contributed by atoms with E-state index in [1.165, 1.54) is 26.4 Å². The number of carbonyl (C=O) groups is 2. The smallest absolute Gasteiger partial charge is 0.255 e. The highest BCUT2D eigenvalue weighted by Gasteiger charge is 2.26. The molecule has 0 atom stereocenters. The Morgan fingerprint density at radius 1 is 1.06 bits per heavy atom. The minimum absolute atomic E-state index is 0.157. The standard InChI is InChI=1S/C22H27N3O6S/c1-30-16-10-11-19(20(14-16)31-2)25(32(3,28)29)15-21(26)23-18-9-5-4-8-17(18)22(27)24-12-6-7-13-24/h4-5,8-11,14H,6-7,12-13,15H2,1-3H3,(H,23,26). The van der Waals surface area contributed by atoms with Crippen LogP contribution in [-0.4, -0.2) is 65.2 Å². The van der Waals surface area contributed by atoms with Crippen LogP contribution in [0.4, 0.5) is 11.4 Å². The molecule has 3 rings (SSSR count). The van der Waals surface area contributed by atoms with Gasteiger partial charge in [-0.2, -0.15) is 0 Å². The zero-order valence-electron chi connectivity index (χ0n) is 18.3. The predicted molar refractivity (Wildman–Crippen MR) is 122 cm³/mol. The fourth-order valence-corrected chi connectivity index (χ4v) is 4.42. The minimum atomic E-state index is -3.82. The molecule has 0 radical (unpaired) electrons. The molecule has 32 heavy (non-hydrogen) atoms. The van der Waals surface area contributed by atoms with Crippen LogP contribution in [0.1, 0.15) is 23.2 Å². The molecule has 2 aromatic rings. The number of benzene rings is 2. The van der Waals surface area contributed by atoms with E-state index in [1.54, 1.807) is 35.2 Å². The molecule has 0 unspecified atom stereocenters. The maximum atomic E-state index is 12.9. The number of likely N-dealkylation sites (tertiary alicyclic amines) is 1. The van der Waals surface area contributed by atoms with Gasteiger partial charge >= 0.3 is 0 Å². The van der Waals surface area contributed by atoms with Crippen molar-refractivity contribution in [2.24, 2.45) is 0 Å². The Kier molecular flexibility index (Phi) is 7.24. The topological polar surface area (TPSA) is 105 Å². The van der Waals surface area contributed by atoms with Crippen LogP contribution in [-0.2, 0) is 14.8 Å². The first-order valence-corrected chi connectivity index (χ1v) is 12.0. The lowest BCUT2D eigenvalue weighted by Crippen LogP contribution is -2.38. The summed E-state index contributed by atoms with van der Waals surface area (Å²) in [4.78, 5) is 27.4. The third-order valence-corrected chi connectivity index (χ3v) is 6.29. The molecule has 2 amide bonds. The predicted octanol–water partition coefficient (Wildman–Crippen LogP) is 2.34. The van der Waals surface area contributed by atoms with E-state index in [-0.39, 0.29) is 17.3 Å². The van der Waals surface area contributed by atoms with Gasteiger partial charge < -0.3 is 19.7 Å². The number of nitrogens with zero attached hydrogens (tertiary/aromatic N) is 2. The van der Waals surface area contributed by atoms with Crippen LogP contribution in [0.2, 0.25) is 0 Å². The van der Waals surface area contributed by atoms with E-state index in [4.69, 9.17) is 9.47 Å². The second-order valence-corrected chi connectivity index (χ2v) is 9.31. The molecule has 0 aromatic heterocycles. The molecule has 0 aliphatic carbocycles. The summed E-state index contributed by atoms with van der Waals surface area (Å²) in [5, 5.41) is 2.69. The molecule has 1 saturated heterocycles. The summed E-state index contributed by atoms with van der Waals surface area (Å²) in [7, 11) is -0.935. The van der Waals surface area contributed by atoms with Crippen LogP contribution in [0.3, 0.4) is 0 Å². The minimum Gasteiger partial charge on any atom is -0.497 e. The first-order valence-electron chi connectivity index (χ1n) is 10.1. The van der Waals surface area contributed by atoms with E-state index in [9.17, 15) is 18.0 Å². The summed E-state index contributed by atoms with van der Waals surface area (Å²) in [5.74, 6) is -0.0183. The highest BCUT2D eigenvalue weighted by Crippen LogP contribution is 2.33. The summed E-state index contributed by atoms with van der Waals surface area (Å²) >= 11 is 0. The quantitative estimate of drug-likeness (QED) is 0.647. The molecule has 0 bridgehead atoms. The first-order chi connectivity index (χ1) is 15.2. The van der Waals surface area contributed by atoms with Gasteiger partial charge in [0.1, 0.15) is 18.0 Å². The number of carbonyl (C=O) groups excluding carboxylic acids is 2. The lowest BCUT2D eigenvalue weighted by molar-refractivity contribution is -0.114. The van der Waals surface area contributed by atoms with E-state index in [0.29, 0.717) is 30.1 Å². The molecular weight excluding hydrogens is 434 g/mol. The Hall–Kier alpha value is -3.27. The Bertz CT molecular complexity index is 1100. The van der Waals surface area contributed by atoms with Crippen LogP contribution >= 0.6 is 0 Å². The normalized spacial score (nSPS) is 13.5. The van der Waals surface area contributed by atoms with Crippen molar-refractivity contribution in [3.8, 4) is 11.5 Å². The summed E-state index contributed by atoms with van der Waals surface area (Å²) in [6, 6.07) is 11.3. The van der Waals surface area contributed by atoms with Gasteiger partial charge in [0.05, 0.1) is 37.4 Å². The number of hydrogen-bond donors (Lipinski definition) is 1. The number of hydrogen-bond acceptors (Lipinski definition) is 6. The van der Waals surface area contributed by atoms with Crippen molar-refractivity contribution in [2.75, 3.05) is 49.7 Å². The lowest BCUT2D eigenvalue weighted by atomic mass is 10.1. The van der Waals surface area contributed by atoms with E-state index in [1.807, 2.05) is 0 Å². The Balaban J connectivity index is 1.85. The third-order valence-electron chi connectivity index (χ3n) is 5.17. The number of ether oxygens (including phenoxy) is 2. The van der Waals surface area contributed by atoms with Crippen molar-refractivity contribution < 1.29 is 27.5 Å². The number of methoxy groups -OCH3 is 2. The van der Waals surface area contributed by atoms with E-state index in [0.717, 1.165) is 23.4 Å². The molecule has 0 saturated carbocycles. The largest absolute Gasteiger partial charge is 0.497 e. The number of anilines is 2. The van der Waals surface area contributed by atoms with Gasteiger partial charge in [0.15, 0.2) is 0 Å². The average molecular weight is 462 g/mol. The van der Waals surface area contributed by atoms with E-state index in [2.05, 4.69) is 5.32 Å². The van der Waals surface area contributed by atoms with Crippen LogP contribution in [0.15, 0.2) is 42.5 Å². The fourth-order valence-electron chi connectivity index (χ4n) is 3.56. The average Bonchev–Trinajstić information content (AvgIpc) is 3.31. The highest BCUT2D eigenvalue weighted by molar-refractivity contribution is 7.92. The van der Waals surface area contributed by atoms with Crippen molar-refractivity contribution in [1.29, 1.82) is 0 Å². The Morgan fingerprint density at radius 2 is 1.75 bits per heavy atom. The van der Waals surface area contributed by atoms with Crippen molar-refractivity contribution >= 4 is 33.2 Å². The zero-order valence-corrected chi connectivity index (χ0v) is 19.1. The van der Waals surface area contributed by atoms with Gasteiger partial charge in [-0.15, -0.1) is 0 Å². The SMILES string of the molecule is COc1ccc(N(CC(=O)Nc2ccccc2C(=O)N2CCCC2)S(C)(=O)=O)c(OC)c1. The summed E-state index contributed by atoms with van der Waals surface area (Å²) < 4.78 is 36.4. The van der Waals surface area contributed by atoms with Gasteiger partial charge in [-0.1, -0.05) is 12.1 Å². The highest BCUT2D eigenvalue weighted by atomic mass is 32.2. The molecule has 1 fully saturated rings. The second kappa shape index (κ2) is 9.90. The summed E-state index contributed by atoms with van der Waals surface area (Å²) in [6.45, 7) is 0.869. The number of amides is 2. The van der Waals surface area contributed by atoms with Crippen LogP contribution < -0.4 is 19.1 Å². The maximum Gasteiger partial charge on any atom is 0.255 e. The van der Waals surface area contributed by atoms with Gasteiger partial charge in [-0.25, -0.2) is 8.42 Å². The zero-order chi connectivity index (χ0) is 23.3. The Morgan fingerprint density at radius 3 is 2.38 bits per heavy atom. The number of sulfonamides is 1. The van der Waals surface area contributed by atoms with Gasteiger partial charge in [0, 0.05) is 19.2 Å². The number of nitrogens with one attached hydrogen (secondary N) is 1. The van der Waals surface area contributed by atoms with Crippen LogP contribution in [0, 0.1) is 0 Å². The fraction of sp³-hybridized carbons (Fsp3) is 0.364. The summed E-state index contributed by atoms with van der Waals surface area (Å²) in [5.41, 5.74) is 0.910. The van der Waals surface area contributed by atoms with Gasteiger partial charge in [-0.05, 0) is 37.1 Å². The molecule has 1 heterocycles. The molecule has 0 spiro atoms. The number of rotatable bonds is 8. The van der Waals surface area contributed by atoms with Gasteiger partial charge in [0.25, 0.3) is 5.91 Å². The molecule has 172 valence electrons. The van der Waals surface area contributed by atoms with Crippen molar-refractivity contribution in [1.82, 2.24) is 4.90 Å². The lowest BCUT2D eigenvalue weighted by Gasteiger charge is -2.24. The third kappa shape index (κ3) is 5.31. The van der Waals surface area contributed by atoms with Crippen molar-refractivity contribution in [2.45, 2.75) is 12.8 Å². The van der Waals surface area contributed by atoms with E-state index < -0.39 is 22.5 Å². The molecule has 1 N–H and O–H groups in total. The molecule has 10 heteroatoms.